The summed E-state index contributed by atoms with van der Waals surface area (Å²) >= 11 is 1.36. The van der Waals surface area contributed by atoms with Crippen LogP contribution in [0.5, 0.6) is 0 Å². The Labute approximate surface area is 115 Å². The first-order chi connectivity index (χ1) is 9.24. The number of pyridine rings is 1. The standard InChI is InChI=1S/C12H12N6S/c1-19-11-9(6-13)10(14)17-12(18-11)16-7-8-4-2-3-5-15-8/h2-5H,7H2,1H3,(H3,14,16,17,18). The van der Waals surface area contributed by atoms with Crippen molar-refractivity contribution in [1.82, 2.24) is 15.0 Å². The lowest BCUT2D eigenvalue weighted by molar-refractivity contribution is 0.969. The van der Waals surface area contributed by atoms with Crippen LogP contribution in [-0.4, -0.2) is 21.2 Å². The summed E-state index contributed by atoms with van der Waals surface area (Å²) in [4.78, 5) is 12.5. The quantitative estimate of drug-likeness (QED) is 0.644. The molecule has 0 saturated heterocycles. The Bertz CT molecular complexity index is 608. The molecule has 0 aromatic carbocycles. The van der Waals surface area contributed by atoms with Crippen molar-refractivity contribution in [3.63, 3.8) is 0 Å². The molecule has 0 amide bonds. The van der Waals surface area contributed by atoms with Crippen LogP contribution in [0, 0.1) is 11.3 Å². The lowest BCUT2D eigenvalue weighted by atomic mass is 10.3. The maximum Gasteiger partial charge on any atom is 0.226 e. The minimum atomic E-state index is 0.186. The summed E-state index contributed by atoms with van der Waals surface area (Å²) in [5, 5.41) is 12.6. The molecule has 0 bridgehead atoms. The van der Waals surface area contributed by atoms with Crippen LogP contribution in [-0.2, 0) is 6.54 Å². The number of rotatable bonds is 4. The molecule has 0 aliphatic rings. The van der Waals surface area contributed by atoms with E-state index < -0.39 is 0 Å². The molecule has 0 spiro atoms. The molecule has 0 radical (unpaired) electrons. The molecular formula is C12H12N6S. The highest BCUT2D eigenvalue weighted by atomic mass is 32.2. The van der Waals surface area contributed by atoms with Crippen molar-refractivity contribution < 1.29 is 0 Å². The van der Waals surface area contributed by atoms with Crippen molar-refractivity contribution in [2.75, 3.05) is 17.3 Å². The molecule has 19 heavy (non-hydrogen) atoms. The van der Waals surface area contributed by atoms with E-state index in [0.717, 1.165) is 5.69 Å². The third kappa shape index (κ3) is 3.11. The van der Waals surface area contributed by atoms with Gasteiger partial charge in [0.1, 0.15) is 22.5 Å². The second-order valence-corrected chi connectivity index (χ2v) is 4.40. The van der Waals surface area contributed by atoms with Gasteiger partial charge < -0.3 is 11.1 Å². The summed E-state index contributed by atoms with van der Waals surface area (Å²) < 4.78 is 0. The van der Waals surface area contributed by atoms with E-state index in [1.807, 2.05) is 30.5 Å². The van der Waals surface area contributed by atoms with Gasteiger partial charge in [0.15, 0.2) is 0 Å². The van der Waals surface area contributed by atoms with Crippen LogP contribution < -0.4 is 11.1 Å². The minimum absolute atomic E-state index is 0.186. The van der Waals surface area contributed by atoms with Gasteiger partial charge in [-0.2, -0.15) is 10.2 Å². The Kier molecular flexibility index (Phi) is 4.15. The minimum Gasteiger partial charge on any atom is -0.382 e. The number of thioether (sulfide) groups is 1. The SMILES string of the molecule is CSc1nc(NCc2ccccn2)nc(N)c1C#N. The molecule has 2 rings (SSSR count). The van der Waals surface area contributed by atoms with Crippen LogP contribution in [0.2, 0.25) is 0 Å². The molecule has 0 fully saturated rings. The topological polar surface area (TPSA) is 101 Å². The summed E-state index contributed by atoms with van der Waals surface area (Å²) in [6, 6.07) is 7.66. The van der Waals surface area contributed by atoms with E-state index in [1.54, 1.807) is 6.20 Å². The number of aromatic nitrogens is 3. The highest BCUT2D eigenvalue weighted by molar-refractivity contribution is 7.98. The Balaban J connectivity index is 2.18. The second kappa shape index (κ2) is 6.02. The third-order valence-electron chi connectivity index (χ3n) is 2.36. The van der Waals surface area contributed by atoms with Crippen LogP contribution in [0.25, 0.3) is 0 Å². The Morgan fingerprint density at radius 2 is 2.26 bits per heavy atom. The number of nitrogens with zero attached hydrogens (tertiary/aromatic N) is 4. The van der Waals surface area contributed by atoms with Gasteiger partial charge in [-0.15, -0.1) is 11.8 Å². The zero-order valence-electron chi connectivity index (χ0n) is 10.3. The fourth-order valence-electron chi connectivity index (χ4n) is 1.46. The molecule has 0 aliphatic carbocycles. The van der Waals surface area contributed by atoms with Crippen molar-refractivity contribution in [2.24, 2.45) is 0 Å². The molecule has 0 saturated carbocycles. The molecule has 2 aromatic rings. The first-order valence-corrected chi connectivity index (χ1v) is 6.72. The van der Waals surface area contributed by atoms with E-state index in [9.17, 15) is 0 Å². The molecule has 6 nitrogen and oxygen atoms in total. The third-order valence-corrected chi connectivity index (χ3v) is 3.04. The fraction of sp³-hybridized carbons (Fsp3) is 0.167. The summed E-state index contributed by atoms with van der Waals surface area (Å²) in [6.07, 6.45) is 3.56. The summed E-state index contributed by atoms with van der Waals surface area (Å²) in [7, 11) is 0. The molecule has 2 heterocycles. The summed E-state index contributed by atoms with van der Waals surface area (Å²) in [5.41, 5.74) is 6.93. The van der Waals surface area contributed by atoms with Crippen LogP contribution in [0.15, 0.2) is 29.4 Å². The molecule has 96 valence electrons. The fourth-order valence-corrected chi connectivity index (χ4v) is 1.99. The summed E-state index contributed by atoms with van der Waals surface area (Å²) in [6.45, 7) is 0.500. The number of nitrogen functional groups attached to an aromatic ring is 1. The normalized spacial score (nSPS) is 9.89. The van der Waals surface area contributed by atoms with Crippen molar-refractivity contribution in [3.05, 3.63) is 35.7 Å². The highest BCUT2D eigenvalue weighted by Gasteiger charge is 2.11. The Morgan fingerprint density at radius 1 is 1.42 bits per heavy atom. The number of anilines is 2. The predicted octanol–water partition coefficient (Wildman–Crippen LogP) is 1.66. The van der Waals surface area contributed by atoms with E-state index in [0.29, 0.717) is 23.1 Å². The van der Waals surface area contributed by atoms with Crippen LogP contribution in [0.1, 0.15) is 11.3 Å². The zero-order valence-corrected chi connectivity index (χ0v) is 11.1. The van der Waals surface area contributed by atoms with Crippen LogP contribution >= 0.6 is 11.8 Å². The number of hydrogen-bond acceptors (Lipinski definition) is 7. The molecular weight excluding hydrogens is 260 g/mol. The van der Waals surface area contributed by atoms with E-state index in [4.69, 9.17) is 11.0 Å². The number of nitriles is 1. The maximum absolute atomic E-state index is 8.98. The van der Waals surface area contributed by atoms with Gasteiger partial charge in [0.05, 0.1) is 12.2 Å². The maximum atomic E-state index is 8.98. The lowest BCUT2D eigenvalue weighted by Gasteiger charge is -2.08. The largest absolute Gasteiger partial charge is 0.382 e. The molecule has 0 unspecified atom stereocenters. The molecule has 3 N–H and O–H groups in total. The van der Waals surface area contributed by atoms with E-state index in [-0.39, 0.29) is 5.82 Å². The van der Waals surface area contributed by atoms with E-state index in [2.05, 4.69) is 20.3 Å². The first-order valence-electron chi connectivity index (χ1n) is 5.50. The smallest absolute Gasteiger partial charge is 0.226 e. The van der Waals surface area contributed by atoms with Gasteiger partial charge in [0, 0.05) is 6.20 Å². The number of hydrogen-bond donors (Lipinski definition) is 2. The van der Waals surface area contributed by atoms with Crippen LogP contribution in [0.3, 0.4) is 0 Å². The van der Waals surface area contributed by atoms with Gasteiger partial charge in [-0.1, -0.05) is 6.07 Å². The molecule has 0 atom stereocenters. The number of nitrogens with two attached hydrogens (primary N) is 1. The van der Waals surface area contributed by atoms with E-state index >= 15 is 0 Å². The number of nitrogens with one attached hydrogen (secondary N) is 1. The Morgan fingerprint density at radius 3 is 2.89 bits per heavy atom. The zero-order chi connectivity index (χ0) is 13.7. The average molecular weight is 272 g/mol. The van der Waals surface area contributed by atoms with Crippen molar-refractivity contribution >= 4 is 23.5 Å². The molecule has 7 heteroatoms. The van der Waals surface area contributed by atoms with Gasteiger partial charge >= 0.3 is 0 Å². The highest BCUT2D eigenvalue weighted by Crippen LogP contribution is 2.22. The van der Waals surface area contributed by atoms with Gasteiger partial charge in [-0.3, -0.25) is 4.98 Å². The van der Waals surface area contributed by atoms with Gasteiger partial charge in [-0.25, -0.2) is 4.98 Å². The van der Waals surface area contributed by atoms with Crippen LogP contribution in [0.4, 0.5) is 11.8 Å². The van der Waals surface area contributed by atoms with Gasteiger partial charge in [-0.05, 0) is 18.4 Å². The first kappa shape index (κ1) is 13.1. The Hall–Kier alpha value is -2.33. The van der Waals surface area contributed by atoms with E-state index in [1.165, 1.54) is 11.8 Å². The van der Waals surface area contributed by atoms with Gasteiger partial charge in [0.2, 0.25) is 5.95 Å². The lowest BCUT2D eigenvalue weighted by Crippen LogP contribution is -2.08. The van der Waals surface area contributed by atoms with Crippen molar-refractivity contribution in [3.8, 4) is 6.07 Å². The van der Waals surface area contributed by atoms with Gasteiger partial charge in [0.25, 0.3) is 0 Å². The predicted molar refractivity (Wildman–Crippen MR) is 74.5 cm³/mol. The van der Waals surface area contributed by atoms with Crippen molar-refractivity contribution in [1.29, 1.82) is 5.26 Å². The average Bonchev–Trinajstić information content (AvgIpc) is 2.45. The molecule has 2 aromatic heterocycles. The second-order valence-electron chi connectivity index (χ2n) is 3.60. The molecule has 0 aliphatic heterocycles. The monoisotopic (exact) mass is 272 g/mol. The van der Waals surface area contributed by atoms with Crippen molar-refractivity contribution in [2.45, 2.75) is 11.6 Å². The summed E-state index contributed by atoms with van der Waals surface area (Å²) in [5.74, 6) is 0.580.